The molecule has 1 aromatic carbocycles. The molecule has 0 fully saturated rings. The van der Waals surface area contributed by atoms with Crippen molar-refractivity contribution in [3.05, 3.63) is 42.0 Å². The van der Waals surface area contributed by atoms with E-state index in [1.54, 1.807) is 13.8 Å². The number of carbonyl (C=O) groups is 1. The van der Waals surface area contributed by atoms with Gasteiger partial charge in [-0.15, -0.1) is 0 Å². The molecule has 0 saturated carbocycles. The van der Waals surface area contributed by atoms with E-state index >= 15 is 0 Å². The fourth-order valence-electron chi connectivity index (χ4n) is 2.42. The van der Waals surface area contributed by atoms with Crippen LogP contribution in [-0.2, 0) is 16.6 Å². The average Bonchev–Trinajstić information content (AvgIpc) is 3.01. The highest BCUT2D eigenvalue weighted by Crippen LogP contribution is 2.20. The summed E-state index contributed by atoms with van der Waals surface area (Å²) in [5.74, 6) is -1.83. The second-order valence-corrected chi connectivity index (χ2v) is 7.47. The molecule has 0 aliphatic carbocycles. The van der Waals surface area contributed by atoms with Crippen LogP contribution in [0.4, 0.5) is 18.9 Å². The van der Waals surface area contributed by atoms with E-state index in [0.29, 0.717) is 0 Å². The Morgan fingerprint density at radius 3 is 2.56 bits per heavy atom. The van der Waals surface area contributed by atoms with Crippen molar-refractivity contribution >= 4 is 21.6 Å². The van der Waals surface area contributed by atoms with E-state index in [1.165, 1.54) is 10.5 Å². The molecule has 1 aromatic heterocycles. The number of rotatable bonds is 8. The predicted molar refractivity (Wildman–Crippen MR) is 92.7 cm³/mol. The normalized spacial score (nSPS) is 12.0. The highest BCUT2D eigenvalue weighted by Gasteiger charge is 2.24. The van der Waals surface area contributed by atoms with Gasteiger partial charge in [0.15, 0.2) is 0 Å². The number of anilines is 1. The van der Waals surface area contributed by atoms with Crippen molar-refractivity contribution in [2.24, 2.45) is 0 Å². The minimum absolute atomic E-state index is 0.0806. The van der Waals surface area contributed by atoms with Gasteiger partial charge in [0.2, 0.25) is 10.0 Å². The summed E-state index contributed by atoms with van der Waals surface area (Å²) < 4.78 is 65.9. The number of carbonyl (C=O) groups excluding carboxylic acids is 1. The molecule has 0 unspecified atom stereocenters. The molecule has 1 heterocycles. The number of hydrogen-bond acceptors (Lipinski definition) is 4. The number of hydrogen-bond donors (Lipinski definition) is 1. The molecule has 148 valence electrons. The molecule has 0 aliphatic heterocycles. The van der Waals surface area contributed by atoms with Crippen molar-refractivity contribution in [3.8, 4) is 0 Å². The Bertz CT molecular complexity index is 911. The Morgan fingerprint density at radius 2 is 1.96 bits per heavy atom. The zero-order chi connectivity index (χ0) is 20.2. The molecule has 0 saturated heterocycles. The van der Waals surface area contributed by atoms with Gasteiger partial charge in [0.1, 0.15) is 12.4 Å². The SMILES string of the molecule is CCN(CC)S(=O)(=O)c1ccc(F)c(C(=O)Nc2cnn(CC(F)F)c2)c1. The van der Waals surface area contributed by atoms with Gasteiger partial charge in [-0.2, -0.15) is 9.40 Å². The van der Waals surface area contributed by atoms with Crippen molar-refractivity contribution in [2.45, 2.75) is 31.7 Å². The van der Waals surface area contributed by atoms with Crippen LogP contribution in [0.25, 0.3) is 0 Å². The van der Waals surface area contributed by atoms with Gasteiger partial charge in [-0.1, -0.05) is 13.8 Å². The Labute approximate surface area is 154 Å². The standard InChI is InChI=1S/C16H19F3N4O3S/c1-3-23(4-2)27(25,26)12-5-6-14(17)13(7-12)16(24)21-11-8-20-22(9-11)10-15(18)19/h5-9,15H,3-4,10H2,1-2H3,(H,21,24). The van der Waals surface area contributed by atoms with Crippen LogP contribution >= 0.6 is 0 Å². The number of aromatic nitrogens is 2. The largest absolute Gasteiger partial charge is 0.319 e. The first-order valence-corrected chi connectivity index (χ1v) is 9.54. The number of halogens is 3. The quantitative estimate of drug-likeness (QED) is 0.733. The smallest absolute Gasteiger partial charge is 0.258 e. The van der Waals surface area contributed by atoms with Gasteiger partial charge in [-0.3, -0.25) is 9.48 Å². The molecule has 1 amide bonds. The van der Waals surface area contributed by atoms with Crippen LogP contribution in [-0.4, -0.2) is 47.9 Å². The van der Waals surface area contributed by atoms with Gasteiger partial charge in [0.25, 0.3) is 12.3 Å². The van der Waals surface area contributed by atoms with Crippen molar-refractivity contribution in [2.75, 3.05) is 18.4 Å². The summed E-state index contributed by atoms with van der Waals surface area (Å²) in [5.41, 5.74) is -0.401. The summed E-state index contributed by atoms with van der Waals surface area (Å²) in [5, 5.41) is 5.97. The first kappa shape index (κ1) is 20.9. The van der Waals surface area contributed by atoms with Crippen LogP contribution in [0.15, 0.2) is 35.5 Å². The number of benzene rings is 1. The molecule has 2 aromatic rings. The summed E-state index contributed by atoms with van der Waals surface area (Å²) in [7, 11) is -3.87. The molecule has 0 spiro atoms. The first-order valence-electron chi connectivity index (χ1n) is 8.10. The van der Waals surface area contributed by atoms with Crippen LogP contribution in [0.2, 0.25) is 0 Å². The summed E-state index contributed by atoms with van der Waals surface area (Å²) in [6.45, 7) is 3.12. The van der Waals surface area contributed by atoms with E-state index in [9.17, 15) is 26.4 Å². The lowest BCUT2D eigenvalue weighted by Gasteiger charge is -2.18. The molecule has 0 aliphatic rings. The number of sulfonamides is 1. The second kappa shape index (κ2) is 8.53. The number of nitrogens with zero attached hydrogens (tertiary/aromatic N) is 3. The van der Waals surface area contributed by atoms with E-state index in [0.717, 1.165) is 29.1 Å². The molecule has 1 N–H and O–H groups in total. The van der Waals surface area contributed by atoms with Crippen LogP contribution < -0.4 is 5.32 Å². The molecule has 2 rings (SSSR count). The lowest BCUT2D eigenvalue weighted by Crippen LogP contribution is -2.31. The fraction of sp³-hybridized carbons (Fsp3) is 0.375. The van der Waals surface area contributed by atoms with E-state index in [-0.39, 0.29) is 23.7 Å². The first-order chi connectivity index (χ1) is 12.7. The average molecular weight is 404 g/mol. The molecule has 11 heteroatoms. The minimum atomic E-state index is -3.87. The van der Waals surface area contributed by atoms with Gasteiger partial charge < -0.3 is 5.32 Å². The van der Waals surface area contributed by atoms with Crippen molar-refractivity contribution in [1.82, 2.24) is 14.1 Å². The maximum atomic E-state index is 14.1. The zero-order valence-electron chi connectivity index (χ0n) is 14.7. The van der Waals surface area contributed by atoms with Gasteiger partial charge in [-0.05, 0) is 18.2 Å². The molecule has 0 bridgehead atoms. The van der Waals surface area contributed by atoms with Crippen LogP contribution in [0.1, 0.15) is 24.2 Å². The molecule has 27 heavy (non-hydrogen) atoms. The van der Waals surface area contributed by atoms with Gasteiger partial charge in [0.05, 0.1) is 22.3 Å². The van der Waals surface area contributed by atoms with Crippen LogP contribution in [0, 0.1) is 5.82 Å². The summed E-state index contributed by atoms with van der Waals surface area (Å²) in [4.78, 5) is 12.1. The Morgan fingerprint density at radius 1 is 1.30 bits per heavy atom. The Hall–Kier alpha value is -2.40. The summed E-state index contributed by atoms with van der Waals surface area (Å²) >= 11 is 0. The third-order valence-electron chi connectivity index (χ3n) is 3.74. The number of alkyl halides is 2. The topological polar surface area (TPSA) is 84.3 Å². The molecule has 0 radical (unpaired) electrons. The predicted octanol–water partition coefficient (Wildman–Crippen LogP) is 2.57. The Kier molecular flexibility index (Phi) is 6.60. The van der Waals surface area contributed by atoms with Crippen molar-refractivity contribution < 1.29 is 26.4 Å². The van der Waals surface area contributed by atoms with E-state index in [4.69, 9.17) is 0 Å². The third kappa shape index (κ3) is 4.86. The highest BCUT2D eigenvalue weighted by atomic mass is 32.2. The molecular weight excluding hydrogens is 385 g/mol. The van der Waals surface area contributed by atoms with Crippen molar-refractivity contribution in [1.29, 1.82) is 0 Å². The van der Waals surface area contributed by atoms with Gasteiger partial charge in [0, 0.05) is 19.3 Å². The maximum absolute atomic E-state index is 14.1. The fourth-order valence-corrected chi connectivity index (χ4v) is 3.90. The third-order valence-corrected chi connectivity index (χ3v) is 5.79. The summed E-state index contributed by atoms with van der Waals surface area (Å²) in [6.07, 6.45) is -0.319. The minimum Gasteiger partial charge on any atom is -0.319 e. The van der Waals surface area contributed by atoms with Gasteiger partial charge in [-0.25, -0.2) is 21.6 Å². The molecule has 7 nitrogen and oxygen atoms in total. The van der Waals surface area contributed by atoms with Crippen LogP contribution in [0.3, 0.4) is 0 Å². The second-order valence-electron chi connectivity index (χ2n) is 5.53. The van der Waals surface area contributed by atoms with Crippen LogP contribution in [0.5, 0.6) is 0 Å². The lowest BCUT2D eigenvalue weighted by atomic mass is 10.2. The van der Waals surface area contributed by atoms with E-state index in [1.807, 2.05) is 0 Å². The zero-order valence-corrected chi connectivity index (χ0v) is 15.5. The number of nitrogens with one attached hydrogen (secondary N) is 1. The Balaban J connectivity index is 2.27. The molecular formula is C16H19F3N4O3S. The van der Waals surface area contributed by atoms with Gasteiger partial charge >= 0.3 is 0 Å². The summed E-state index contributed by atoms with van der Waals surface area (Å²) in [6, 6.07) is 2.92. The lowest BCUT2D eigenvalue weighted by molar-refractivity contribution is 0.102. The molecule has 0 atom stereocenters. The highest BCUT2D eigenvalue weighted by molar-refractivity contribution is 7.89. The van der Waals surface area contributed by atoms with E-state index in [2.05, 4.69) is 10.4 Å². The maximum Gasteiger partial charge on any atom is 0.258 e. The van der Waals surface area contributed by atoms with Crippen molar-refractivity contribution in [3.63, 3.8) is 0 Å². The number of amides is 1. The van der Waals surface area contributed by atoms with E-state index < -0.39 is 40.3 Å². The monoisotopic (exact) mass is 404 g/mol.